The third-order valence-electron chi connectivity index (χ3n) is 3.53. The van der Waals surface area contributed by atoms with Crippen LogP contribution in [0, 0.1) is 6.92 Å². The molecule has 1 atom stereocenters. The van der Waals surface area contributed by atoms with Gasteiger partial charge >= 0.3 is 0 Å². The van der Waals surface area contributed by atoms with Gasteiger partial charge in [-0.1, -0.05) is 6.07 Å². The highest BCUT2D eigenvalue weighted by molar-refractivity contribution is 5.99. The van der Waals surface area contributed by atoms with E-state index in [4.69, 9.17) is 0 Å². The molecule has 0 bridgehead atoms. The van der Waals surface area contributed by atoms with Crippen molar-refractivity contribution in [2.75, 3.05) is 26.0 Å². The smallest absolute Gasteiger partial charge is 0.253 e. The van der Waals surface area contributed by atoms with Gasteiger partial charge in [0.2, 0.25) is 5.91 Å². The Kier molecular flexibility index (Phi) is 4.39. The molecule has 5 heteroatoms. The number of hydrogen-bond donors (Lipinski definition) is 2. The average molecular weight is 275 g/mol. The van der Waals surface area contributed by atoms with Crippen LogP contribution in [-0.4, -0.2) is 43.4 Å². The molecule has 0 unspecified atom stereocenters. The number of aryl methyl sites for hydroxylation is 1. The van der Waals surface area contributed by atoms with Crippen LogP contribution < -0.4 is 10.6 Å². The van der Waals surface area contributed by atoms with Gasteiger partial charge in [-0.3, -0.25) is 9.59 Å². The highest BCUT2D eigenvalue weighted by atomic mass is 16.2. The summed E-state index contributed by atoms with van der Waals surface area (Å²) in [5.41, 5.74) is 2.23. The fourth-order valence-electron chi connectivity index (χ4n) is 2.28. The normalized spacial score (nSPS) is 17.9. The highest BCUT2D eigenvalue weighted by Gasteiger charge is 2.22. The summed E-state index contributed by atoms with van der Waals surface area (Å²) in [4.78, 5) is 25.6. The lowest BCUT2D eigenvalue weighted by atomic mass is 10.1. The van der Waals surface area contributed by atoms with E-state index in [2.05, 4.69) is 10.6 Å². The molecule has 0 spiro atoms. The Morgan fingerprint density at radius 1 is 1.35 bits per heavy atom. The Balaban J connectivity index is 2.16. The van der Waals surface area contributed by atoms with E-state index >= 15 is 0 Å². The standard InChI is InChI=1S/C15H21N3O2/c1-10-6-7-11(15(20)18(2)3)9-13(10)17-14(19)12-5-4-8-16-12/h6-7,9,12,16H,4-5,8H2,1-3H3,(H,17,19)/t12-/m0/s1. The Morgan fingerprint density at radius 2 is 2.10 bits per heavy atom. The van der Waals surface area contributed by atoms with E-state index in [9.17, 15) is 9.59 Å². The predicted molar refractivity (Wildman–Crippen MR) is 78.9 cm³/mol. The number of nitrogens with zero attached hydrogens (tertiary/aromatic N) is 1. The van der Waals surface area contributed by atoms with E-state index in [1.165, 1.54) is 4.90 Å². The zero-order valence-electron chi connectivity index (χ0n) is 12.2. The van der Waals surface area contributed by atoms with Crippen LogP contribution in [0.1, 0.15) is 28.8 Å². The SMILES string of the molecule is Cc1ccc(C(=O)N(C)C)cc1NC(=O)[C@@H]1CCCN1. The summed E-state index contributed by atoms with van der Waals surface area (Å²) in [5, 5.41) is 6.08. The van der Waals surface area contributed by atoms with Crippen LogP contribution in [0.2, 0.25) is 0 Å². The van der Waals surface area contributed by atoms with Crippen LogP contribution in [0.4, 0.5) is 5.69 Å². The molecule has 0 saturated carbocycles. The molecule has 1 fully saturated rings. The molecule has 2 amide bonds. The van der Waals surface area contributed by atoms with Gasteiger partial charge in [-0.2, -0.15) is 0 Å². The van der Waals surface area contributed by atoms with Crippen LogP contribution in [0.15, 0.2) is 18.2 Å². The van der Waals surface area contributed by atoms with Crippen molar-refractivity contribution < 1.29 is 9.59 Å². The maximum atomic E-state index is 12.1. The first kappa shape index (κ1) is 14.5. The molecule has 0 aromatic heterocycles. The van der Waals surface area contributed by atoms with E-state index < -0.39 is 0 Å². The molecule has 2 rings (SSSR count). The fourth-order valence-corrected chi connectivity index (χ4v) is 2.28. The van der Waals surface area contributed by atoms with E-state index in [1.807, 2.05) is 13.0 Å². The van der Waals surface area contributed by atoms with Crippen LogP contribution in [-0.2, 0) is 4.79 Å². The summed E-state index contributed by atoms with van der Waals surface area (Å²) < 4.78 is 0. The van der Waals surface area contributed by atoms with Crippen LogP contribution >= 0.6 is 0 Å². The van der Waals surface area contributed by atoms with Crippen LogP contribution in [0.3, 0.4) is 0 Å². The molecular weight excluding hydrogens is 254 g/mol. The number of rotatable bonds is 3. The van der Waals surface area contributed by atoms with Crippen molar-refractivity contribution in [2.24, 2.45) is 0 Å². The van der Waals surface area contributed by atoms with Gasteiger partial charge in [-0.25, -0.2) is 0 Å². The molecule has 108 valence electrons. The number of benzene rings is 1. The monoisotopic (exact) mass is 275 g/mol. The molecule has 1 aliphatic rings. The molecule has 1 heterocycles. The third kappa shape index (κ3) is 3.17. The number of amides is 2. The lowest BCUT2D eigenvalue weighted by molar-refractivity contribution is -0.117. The second kappa shape index (κ2) is 6.05. The summed E-state index contributed by atoms with van der Waals surface area (Å²) in [5.74, 6) is -0.0976. The number of anilines is 1. The summed E-state index contributed by atoms with van der Waals surface area (Å²) in [6, 6.07) is 5.25. The highest BCUT2D eigenvalue weighted by Crippen LogP contribution is 2.19. The molecule has 20 heavy (non-hydrogen) atoms. The first-order chi connectivity index (χ1) is 9.49. The molecule has 0 aliphatic carbocycles. The molecule has 1 saturated heterocycles. The molecule has 0 radical (unpaired) electrons. The van der Waals surface area contributed by atoms with E-state index in [0.29, 0.717) is 11.3 Å². The van der Waals surface area contributed by atoms with Crippen molar-refractivity contribution in [3.63, 3.8) is 0 Å². The zero-order valence-corrected chi connectivity index (χ0v) is 12.2. The van der Waals surface area contributed by atoms with Gasteiger partial charge in [0, 0.05) is 25.3 Å². The Labute approximate surface area is 119 Å². The Hall–Kier alpha value is -1.88. The van der Waals surface area contributed by atoms with Crippen molar-refractivity contribution in [2.45, 2.75) is 25.8 Å². The first-order valence-electron chi connectivity index (χ1n) is 6.85. The topological polar surface area (TPSA) is 61.4 Å². The summed E-state index contributed by atoms with van der Waals surface area (Å²) >= 11 is 0. The van der Waals surface area contributed by atoms with Crippen molar-refractivity contribution in [3.05, 3.63) is 29.3 Å². The number of carbonyl (C=O) groups is 2. The van der Waals surface area contributed by atoms with Crippen LogP contribution in [0.5, 0.6) is 0 Å². The predicted octanol–water partition coefficient (Wildman–Crippen LogP) is 1.39. The largest absolute Gasteiger partial charge is 0.345 e. The van der Waals surface area contributed by atoms with E-state index in [0.717, 1.165) is 24.9 Å². The van der Waals surface area contributed by atoms with Gasteiger partial charge in [0.15, 0.2) is 0 Å². The number of nitrogens with one attached hydrogen (secondary N) is 2. The summed E-state index contributed by atoms with van der Waals surface area (Å²) in [6.07, 6.45) is 1.89. The lowest BCUT2D eigenvalue weighted by Gasteiger charge is -2.15. The van der Waals surface area contributed by atoms with Crippen molar-refractivity contribution in [1.82, 2.24) is 10.2 Å². The maximum Gasteiger partial charge on any atom is 0.253 e. The minimum atomic E-state index is -0.123. The molecule has 2 N–H and O–H groups in total. The van der Waals surface area contributed by atoms with Crippen molar-refractivity contribution in [1.29, 1.82) is 0 Å². The lowest BCUT2D eigenvalue weighted by Crippen LogP contribution is -2.35. The molecule has 1 aromatic rings. The minimum absolute atomic E-state index is 0.0277. The molecule has 5 nitrogen and oxygen atoms in total. The molecule has 1 aromatic carbocycles. The van der Waals surface area contributed by atoms with Crippen molar-refractivity contribution >= 4 is 17.5 Å². The van der Waals surface area contributed by atoms with Gasteiger partial charge in [-0.15, -0.1) is 0 Å². The molecular formula is C15H21N3O2. The second-order valence-corrected chi connectivity index (χ2v) is 5.37. The number of carbonyl (C=O) groups excluding carboxylic acids is 2. The van der Waals surface area contributed by atoms with Gasteiger partial charge in [-0.05, 0) is 44.0 Å². The quantitative estimate of drug-likeness (QED) is 0.876. The minimum Gasteiger partial charge on any atom is -0.345 e. The maximum absolute atomic E-state index is 12.1. The zero-order chi connectivity index (χ0) is 14.7. The fraction of sp³-hybridized carbons (Fsp3) is 0.467. The van der Waals surface area contributed by atoms with Gasteiger partial charge in [0.05, 0.1) is 6.04 Å². The van der Waals surface area contributed by atoms with Crippen LogP contribution in [0.25, 0.3) is 0 Å². The van der Waals surface area contributed by atoms with E-state index in [-0.39, 0.29) is 17.9 Å². The first-order valence-corrected chi connectivity index (χ1v) is 6.85. The van der Waals surface area contributed by atoms with Gasteiger partial charge < -0.3 is 15.5 Å². The van der Waals surface area contributed by atoms with E-state index in [1.54, 1.807) is 26.2 Å². The Morgan fingerprint density at radius 3 is 2.70 bits per heavy atom. The molecule has 1 aliphatic heterocycles. The van der Waals surface area contributed by atoms with Crippen molar-refractivity contribution in [3.8, 4) is 0 Å². The average Bonchev–Trinajstić information content (AvgIpc) is 2.94. The second-order valence-electron chi connectivity index (χ2n) is 5.37. The Bertz CT molecular complexity index is 520. The third-order valence-corrected chi connectivity index (χ3v) is 3.53. The summed E-state index contributed by atoms with van der Waals surface area (Å²) in [7, 11) is 3.42. The summed E-state index contributed by atoms with van der Waals surface area (Å²) in [6.45, 7) is 2.80. The number of hydrogen-bond acceptors (Lipinski definition) is 3. The van der Waals surface area contributed by atoms with Gasteiger partial charge in [0.1, 0.15) is 0 Å². The van der Waals surface area contributed by atoms with Gasteiger partial charge in [0.25, 0.3) is 5.91 Å².